The van der Waals surface area contributed by atoms with Gasteiger partial charge in [0.05, 0.1) is 12.0 Å². The lowest BCUT2D eigenvalue weighted by atomic mass is 9.99. The van der Waals surface area contributed by atoms with Crippen molar-refractivity contribution in [2.75, 3.05) is 19.0 Å². The van der Waals surface area contributed by atoms with Crippen molar-refractivity contribution in [1.29, 1.82) is 0 Å². The van der Waals surface area contributed by atoms with E-state index in [0.717, 1.165) is 22.4 Å². The Hall–Kier alpha value is -3.09. The number of rotatable bonds is 3. The zero-order valence-corrected chi connectivity index (χ0v) is 14.1. The zero-order chi connectivity index (χ0) is 18.0. The summed E-state index contributed by atoms with van der Waals surface area (Å²) < 4.78 is 5.21. The first-order valence-electron chi connectivity index (χ1n) is 7.94. The number of ether oxygens (including phenoxy) is 1. The maximum absolute atomic E-state index is 12.5. The molecule has 1 heterocycles. The van der Waals surface area contributed by atoms with Crippen molar-refractivity contribution < 1.29 is 14.5 Å². The Bertz CT molecular complexity index is 835. The van der Waals surface area contributed by atoms with Crippen LogP contribution in [0.25, 0.3) is 0 Å². The molecule has 0 bridgehead atoms. The number of carbonyl (C=O) groups excluding carboxylic acids is 1. The van der Waals surface area contributed by atoms with Gasteiger partial charge in [-0.05, 0) is 48.2 Å². The Morgan fingerprint density at radius 1 is 1.24 bits per heavy atom. The molecular formula is C18H19N3O4. The highest BCUT2D eigenvalue weighted by Crippen LogP contribution is 2.25. The van der Waals surface area contributed by atoms with Crippen LogP contribution in [-0.2, 0) is 13.0 Å². The lowest BCUT2D eigenvalue weighted by Gasteiger charge is -2.29. The fourth-order valence-electron chi connectivity index (χ4n) is 2.99. The molecule has 7 heteroatoms. The zero-order valence-electron chi connectivity index (χ0n) is 14.1. The van der Waals surface area contributed by atoms with Gasteiger partial charge >= 0.3 is 6.03 Å². The SMILES string of the molecule is COc1ccc(NC(=O)N2CCc3ccc([N+](=O)[O-])cc3C2)cc1C. The Balaban J connectivity index is 1.72. The molecule has 2 aromatic carbocycles. The number of nitro groups is 1. The summed E-state index contributed by atoms with van der Waals surface area (Å²) in [6.45, 7) is 2.84. The molecule has 0 aromatic heterocycles. The lowest BCUT2D eigenvalue weighted by Crippen LogP contribution is -2.38. The summed E-state index contributed by atoms with van der Waals surface area (Å²) in [5, 5.41) is 13.8. The minimum atomic E-state index is -0.417. The summed E-state index contributed by atoms with van der Waals surface area (Å²) in [4.78, 5) is 24.7. The number of non-ortho nitro benzene ring substituents is 1. The third-order valence-corrected chi connectivity index (χ3v) is 4.35. The van der Waals surface area contributed by atoms with Crippen LogP contribution in [0.4, 0.5) is 16.2 Å². The average Bonchev–Trinajstić information content (AvgIpc) is 2.60. The van der Waals surface area contributed by atoms with E-state index in [1.165, 1.54) is 6.07 Å². The Kier molecular flexibility index (Phi) is 4.56. The smallest absolute Gasteiger partial charge is 0.322 e. The number of hydrogen-bond acceptors (Lipinski definition) is 4. The molecule has 0 saturated heterocycles. The first kappa shape index (κ1) is 16.8. The number of carbonyl (C=O) groups is 1. The second-order valence-corrected chi connectivity index (χ2v) is 6.00. The lowest BCUT2D eigenvalue weighted by molar-refractivity contribution is -0.385. The van der Waals surface area contributed by atoms with E-state index < -0.39 is 4.92 Å². The largest absolute Gasteiger partial charge is 0.496 e. The number of aryl methyl sites for hydroxylation is 1. The fourth-order valence-corrected chi connectivity index (χ4v) is 2.99. The topological polar surface area (TPSA) is 84.7 Å². The predicted octanol–water partition coefficient (Wildman–Crippen LogP) is 3.50. The number of urea groups is 1. The highest BCUT2D eigenvalue weighted by Gasteiger charge is 2.22. The van der Waals surface area contributed by atoms with Gasteiger partial charge in [-0.25, -0.2) is 4.79 Å². The number of benzene rings is 2. The van der Waals surface area contributed by atoms with E-state index in [9.17, 15) is 14.9 Å². The molecule has 130 valence electrons. The summed E-state index contributed by atoms with van der Waals surface area (Å²) in [5.41, 5.74) is 3.54. The van der Waals surface area contributed by atoms with E-state index in [1.807, 2.05) is 13.0 Å². The minimum Gasteiger partial charge on any atom is -0.496 e. The van der Waals surface area contributed by atoms with Gasteiger partial charge in [0.2, 0.25) is 0 Å². The van der Waals surface area contributed by atoms with Gasteiger partial charge in [0, 0.05) is 30.9 Å². The molecule has 0 fully saturated rings. The molecule has 3 rings (SSSR count). The Morgan fingerprint density at radius 3 is 2.72 bits per heavy atom. The van der Waals surface area contributed by atoms with Crippen molar-refractivity contribution in [3.05, 3.63) is 63.2 Å². The summed E-state index contributed by atoms with van der Waals surface area (Å²) in [6.07, 6.45) is 0.683. The van der Waals surface area contributed by atoms with Crippen LogP contribution in [0.5, 0.6) is 5.75 Å². The first-order valence-corrected chi connectivity index (χ1v) is 7.94. The number of anilines is 1. The molecule has 0 atom stereocenters. The van der Waals surface area contributed by atoms with Gasteiger partial charge in [-0.15, -0.1) is 0 Å². The highest BCUT2D eigenvalue weighted by molar-refractivity contribution is 5.89. The molecular weight excluding hydrogens is 322 g/mol. The maximum Gasteiger partial charge on any atom is 0.322 e. The van der Waals surface area contributed by atoms with Gasteiger partial charge in [0.15, 0.2) is 0 Å². The van der Waals surface area contributed by atoms with E-state index in [-0.39, 0.29) is 11.7 Å². The molecule has 2 aromatic rings. The quantitative estimate of drug-likeness (QED) is 0.684. The molecule has 0 spiro atoms. The van der Waals surface area contributed by atoms with Crippen molar-refractivity contribution in [2.24, 2.45) is 0 Å². The molecule has 0 aliphatic carbocycles. The van der Waals surface area contributed by atoms with E-state index in [1.54, 1.807) is 36.3 Å². The first-order chi connectivity index (χ1) is 12.0. The van der Waals surface area contributed by atoms with Crippen molar-refractivity contribution in [3.63, 3.8) is 0 Å². The van der Waals surface area contributed by atoms with Gasteiger partial charge in [0.1, 0.15) is 5.75 Å². The fraction of sp³-hybridized carbons (Fsp3) is 0.278. The summed E-state index contributed by atoms with van der Waals surface area (Å²) in [5.74, 6) is 0.761. The molecule has 0 saturated carbocycles. The predicted molar refractivity (Wildman–Crippen MR) is 94.0 cm³/mol. The average molecular weight is 341 g/mol. The van der Waals surface area contributed by atoms with E-state index in [4.69, 9.17) is 4.74 Å². The summed E-state index contributed by atoms with van der Waals surface area (Å²) in [7, 11) is 1.60. The minimum absolute atomic E-state index is 0.0480. The standard InChI is InChI=1S/C18H19N3O4/c1-12-9-15(4-6-17(12)25-2)19-18(22)20-8-7-13-3-5-16(21(23)24)10-14(13)11-20/h3-6,9-10H,7-8,11H2,1-2H3,(H,19,22). The number of nitro benzene ring substituents is 1. The van der Waals surface area contributed by atoms with E-state index in [0.29, 0.717) is 25.2 Å². The van der Waals surface area contributed by atoms with Gasteiger partial charge in [-0.1, -0.05) is 6.07 Å². The van der Waals surface area contributed by atoms with Gasteiger partial charge in [0.25, 0.3) is 5.69 Å². The van der Waals surface area contributed by atoms with Gasteiger partial charge in [-0.3, -0.25) is 10.1 Å². The number of methoxy groups -OCH3 is 1. The molecule has 0 unspecified atom stereocenters. The summed E-state index contributed by atoms with van der Waals surface area (Å²) >= 11 is 0. The number of hydrogen-bond donors (Lipinski definition) is 1. The highest BCUT2D eigenvalue weighted by atomic mass is 16.6. The van der Waals surface area contributed by atoms with Crippen LogP contribution in [0.1, 0.15) is 16.7 Å². The van der Waals surface area contributed by atoms with Crippen molar-refractivity contribution >= 4 is 17.4 Å². The van der Waals surface area contributed by atoms with Crippen LogP contribution in [0.3, 0.4) is 0 Å². The number of amides is 2. The van der Waals surface area contributed by atoms with Crippen LogP contribution in [0.15, 0.2) is 36.4 Å². The number of fused-ring (bicyclic) bond motifs is 1. The van der Waals surface area contributed by atoms with Crippen LogP contribution >= 0.6 is 0 Å². The normalized spacial score (nSPS) is 13.1. The van der Waals surface area contributed by atoms with Crippen LogP contribution in [0, 0.1) is 17.0 Å². The number of nitrogens with zero attached hydrogens (tertiary/aromatic N) is 2. The number of nitrogens with one attached hydrogen (secondary N) is 1. The maximum atomic E-state index is 12.5. The molecule has 1 N–H and O–H groups in total. The molecule has 25 heavy (non-hydrogen) atoms. The van der Waals surface area contributed by atoms with E-state index in [2.05, 4.69) is 5.32 Å². The summed E-state index contributed by atoms with van der Waals surface area (Å²) in [6, 6.07) is 10.0. The second-order valence-electron chi connectivity index (χ2n) is 6.00. The van der Waals surface area contributed by atoms with Crippen LogP contribution in [0.2, 0.25) is 0 Å². The van der Waals surface area contributed by atoms with Crippen LogP contribution < -0.4 is 10.1 Å². The molecule has 2 amide bonds. The van der Waals surface area contributed by atoms with Gasteiger partial charge < -0.3 is 15.0 Å². The van der Waals surface area contributed by atoms with Crippen LogP contribution in [-0.4, -0.2) is 29.5 Å². The molecule has 0 radical (unpaired) electrons. The van der Waals surface area contributed by atoms with Gasteiger partial charge in [-0.2, -0.15) is 0 Å². The van der Waals surface area contributed by atoms with Crippen molar-refractivity contribution in [2.45, 2.75) is 19.9 Å². The third-order valence-electron chi connectivity index (χ3n) is 4.35. The molecule has 1 aliphatic rings. The Morgan fingerprint density at radius 2 is 2.04 bits per heavy atom. The molecule has 1 aliphatic heterocycles. The second kappa shape index (κ2) is 6.80. The van der Waals surface area contributed by atoms with Crippen molar-refractivity contribution in [3.8, 4) is 5.75 Å². The Labute approximate surface area is 145 Å². The monoisotopic (exact) mass is 341 g/mol. The third kappa shape index (κ3) is 3.55. The van der Waals surface area contributed by atoms with E-state index >= 15 is 0 Å². The molecule has 7 nitrogen and oxygen atoms in total. The van der Waals surface area contributed by atoms with Crippen molar-refractivity contribution in [1.82, 2.24) is 4.90 Å².